The zero-order chi connectivity index (χ0) is 15.5. The maximum absolute atomic E-state index is 12.0. The number of thiazole rings is 1. The summed E-state index contributed by atoms with van der Waals surface area (Å²) in [5.74, 6) is -0.129. The molecule has 6 heteroatoms. The molecule has 1 atom stereocenters. The van der Waals surface area contributed by atoms with Crippen LogP contribution in [0.4, 0.5) is 5.69 Å². The lowest BCUT2D eigenvalue weighted by atomic mass is 10.1. The van der Waals surface area contributed by atoms with Gasteiger partial charge in [0.05, 0.1) is 0 Å². The lowest BCUT2D eigenvalue weighted by Gasteiger charge is -2.24. The smallest absolute Gasteiger partial charge is 0.270 e. The van der Waals surface area contributed by atoms with Gasteiger partial charge in [-0.25, -0.2) is 4.98 Å². The molecule has 5 nitrogen and oxygen atoms in total. The number of benzene rings is 1. The van der Waals surface area contributed by atoms with Crippen LogP contribution in [-0.2, 0) is 13.0 Å². The second kappa shape index (κ2) is 6.46. The van der Waals surface area contributed by atoms with Crippen LogP contribution in [0.3, 0.4) is 0 Å². The molecule has 0 fully saturated rings. The standard InChI is InChI=1S/C16H20N4OS/c1-11-8-12-4-2-3-5-14(12)20(11)7-6-18-16(21)13-10-22-15(9-17)19-13/h2-5,10-11H,6-9,17H2,1H3,(H,18,21). The number of hydrogen-bond donors (Lipinski definition) is 2. The van der Waals surface area contributed by atoms with Crippen molar-refractivity contribution in [3.05, 3.63) is 45.9 Å². The number of carbonyl (C=O) groups excluding carboxylic acids is 1. The first-order valence-corrected chi connectivity index (χ1v) is 8.34. The second-order valence-electron chi connectivity index (χ2n) is 5.46. The molecule has 1 aromatic heterocycles. The molecule has 3 rings (SSSR count). The van der Waals surface area contributed by atoms with Gasteiger partial charge in [-0.15, -0.1) is 11.3 Å². The third-order valence-corrected chi connectivity index (χ3v) is 4.82. The Labute approximate surface area is 134 Å². The van der Waals surface area contributed by atoms with Gasteiger partial charge in [-0.1, -0.05) is 18.2 Å². The van der Waals surface area contributed by atoms with Gasteiger partial charge in [0, 0.05) is 36.7 Å². The average Bonchev–Trinajstić information content (AvgIpc) is 3.12. The first kappa shape index (κ1) is 15.0. The van der Waals surface area contributed by atoms with Crippen LogP contribution in [0.25, 0.3) is 0 Å². The van der Waals surface area contributed by atoms with E-state index in [0.29, 0.717) is 24.8 Å². The van der Waals surface area contributed by atoms with Crippen molar-refractivity contribution in [2.45, 2.75) is 25.9 Å². The lowest BCUT2D eigenvalue weighted by molar-refractivity contribution is 0.0950. The lowest BCUT2D eigenvalue weighted by Crippen LogP contribution is -2.38. The summed E-state index contributed by atoms with van der Waals surface area (Å²) in [6, 6.07) is 8.93. The molecule has 1 amide bonds. The Balaban J connectivity index is 1.56. The third-order valence-electron chi connectivity index (χ3n) is 3.95. The fraction of sp³-hybridized carbons (Fsp3) is 0.375. The number of nitrogens with zero attached hydrogens (tertiary/aromatic N) is 2. The summed E-state index contributed by atoms with van der Waals surface area (Å²) in [5, 5.41) is 5.48. The van der Waals surface area contributed by atoms with E-state index < -0.39 is 0 Å². The summed E-state index contributed by atoms with van der Waals surface area (Å²) in [6.45, 7) is 4.00. The molecular weight excluding hydrogens is 296 g/mol. The Morgan fingerprint density at radius 1 is 1.50 bits per heavy atom. The van der Waals surface area contributed by atoms with E-state index in [-0.39, 0.29) is 5.91 Å². The van der Waals surface area contributed by atoms with Crippen molar-refractivity contribution < 1.29 is 4.79 Å². The summed E-state index contributed by atoms with van der Waals surface area (Å²) in [4.78, 5) is 18.6. The quantitative estimate of drug-likeness (QED) is 0.882. The van der Waals surface area contributed by atoms with Crippen molar-refractivity contribution in [3.63, 3.8) is 0 Å². The minimum Gasteiger partial charge on any atom is -0.367 e. The molecule has 1 unspecified atom stereocenters. The Bertz CT molecular complexity index is 670. The van der Waals surface area contributed by atoms with Crippen LogP contribution >= 0.6 is 11.3 Å². The number of para-hydroxylation sites is 1. The van der Waals surface area contributed by atoms with E-state index in [0.717, 1.165) is 18.0 Å². The van der Waals surface area contributed by atoms with Crippen LogP contribution in [-0.4, -0.2) is 30.0 Å². The molecule has 22 heavy (non-hydrogen) atoms. The van der Waals surface area contributed by atoms with Crippen molar-refractivity contribution in [1.82, 2.24) is 10.3 Å². The van der Waals surface area contributed by atoms with Crippen molar-refractivity contribution in [3.8, 4) is 0 Å². The fourth-order valence-electron chi connectivity index (χ4n) is 2.86. The maximum Gasteiger partial charge on any atom is 0.270 e. The van der Waals surface area contributed by atoms with Crippen LogP contribution < -0.4 is 16.0 Å². The number of amides is 1. The maximum atomic E-state index is 12.0. The first-order valence-electron chi connectivity index (χ1n) is 7.46. The van der Waals surface area contributed by atoms with Gasteiger partial charge in [-0.05, 0) is 25.0 Å². The van der Waals surface area contributed by atoms with Crippen LogP contribution in [0.5, 0.6) is 0 Å². The van der Waals surface area contributed by atoms with E-state index in [1.54, 1.807) is 5.38 Å². The monoisotopic (exact) mass is 316 g/mol. The number of anilines is 1. The van der Waals surface area contributed by atoms with Gasteiger partial charge in [-0.2, -0.15) is 0 Å². The van der Waals surface area contributed by atoms with E-state index in [2.05, 4.69) is 46.4 Å². The van der Waals surface area contributed by atoms with Crippen LogP contribution in [0.1, 0.15) is 28.0 Å². The Kier molecular flexibility index (Phi) is 4.40. The largest absolute Gasteiger partial charge is 0.367 e. The molecule has 3 N–H and O–H groups in total. The van der Waals surface area contributed by atoms with Gasteiger partial charge in [0.25, 0.3) is 5.91 Å². The number of carbonyl (C=O) groups is 1. The zero-order valence-corrected chi connectivity index (χ0v) is 13.4. The number of fused-ring (bicyclic) bond motifs is 1. The fourth-order valence-corrected chi connectivity index (χ4v) is 3.51. The van der Waals surface area contributed by atoms with Crippen molar-refractivity contribution >= 4 is 22.9 Å². The number of nitrogens with one attached hydrogen (secondary N) is 1. The SMILES string of the molecule is CC1Cc2ccccc2N1CCNC(=O)c1csc(CN)n1. The number of aromatic nitrogens is 1. The summed E-state index contributed by atoms with van der Waals surface area (Å²) < 4.78 is 0. The molecule has 1 aliphatic rings. The zero-order valence-electron chi connectivity index (χ0n) is 12.6. The predicted octanol–water partition coefficient (Wildman–Crippen LogP) is 1.78. The highest BCUT2D eigenvalue weighted by atomic mass is 32.1. The molecular formula is C16H20N4OS. The topological polar surface area (TPSA) is 71.2 Å². The molecule has 0 saturated carbocycles. The normalized spacial score (nSPS) is 16.6. The molecule has 0 saturated heterocycles. The van der Waals surface area contributed by atoms with Crippen molar-refractivity contribution in [1.29, 1.82) is 0 Å². The Morgan fingerprint density at radius 2 is 2.32 bits per heavy atom. The molecule has 116 valence electrons. The van der Waals surface area contributed by atoms with Gasteiger partial charge >= 0.3 is 0 Å². The predicted molar refractivity (Wildman–Crippen MR) is 89.3 cm³/mol. The van der Waals surface area contributed by atoms with E-state index >= 15 is 0 Å². The van der Waals surface area contributed by atoms with Gasteiger partial charge in [0.1, 0.15) is 10.7 Å². The van der Waals surface area contributed by atoms with E-state index in [1.807, 2.05) is 0 Å². The van der Waals surface area contributed by atoms with Gasteiger partial charge < -0.3 is 16.0 Å². The number of hydrogen-bond acceptors (Lipinski definition) is 5. The average molecular weight is 316 g/mol. The van der Waals surface area contributed by atoms with Gasteiger partial charge in [0.15, 0.2) is 0 Å². The minimum absolute atomic E-state index is 0.129. The van der Waals surface area contributed by atoms with Crippen LogP contribution in [0, 0.1) is 0 Å². The van der Waals surface area contributed by atoms with Crippen LogP contribution in [0.2, 0.25) is 0 Å². The summed E-state index contributed by atoms with van der Waals surface area (Å²) in [7, 11) is 0. The van der Waals surface area contributed by atoms with Gasteiger partial charge in [-0.3, -0.25) is 4.79 Å². The Morgan fingerprint density at radius 3 is 3.09 bits per heavy atom. The highest BCUT2D eigenvalue weighted by Crippen LogP contribution is 2.31. The van der Waals surface area contributed by atoms with E-state index in [4.69, 9.17) is 5.73 Å². The highest BCUT2D eigenvalue weighted by molar-refractivity contribution is 7.09. The molecule has 1 aliphatic heterocycles. The van der Waals surface area contributed by atoms with Gasteiger partial charge in [0.2, 0.25) is 0 Å². The molecule has 0 aliphatic carbocycles. The van der Waals surface area contributed by atoms with Crippen molar-refractivity contribution in [2.75, 3.05) is 18.0 Å². The Hall–Kier alpha value is -1.92. The summed E-state index contributed by atoms with van der Waals surface area (Å²) in [6.07, 6.45) is 1.07. The number of rotatable bonds is 5. The molecule has 2 heterocycles. The summed E-state index contributed by atoms with van der Waals surface area (Å²) >= 11 is 1.42. The molecule has 1 aromatic carbocycles. The van der Waals surface area contributed by atoms with Crippen molar-refractivity contribution in [2.24, 2.45) is 5.73 Å². The molecule has 0 radical (unpaired) electrons. The highest BCUT2D eigenvalue weighted by Gasteiger charge is 2.24. The van der Waals surface area contributed by atoms with E-state index in [1.165, 1.54) is 22.6 Å². The van der Waals surface area contributed by atoms with E-state index in [9.17, 15) is 4.79 Å². The third kappa shape index (κ3) is 2.98. The number of nitrogens with two attached hydrogens (primary N) is 1. The minimum atomic E-state index is -0.129. The van der Waals surface area contributed by atoms with Crippen LogP contribution in [0.15, 0.2) is 29.6 Å². The molecule has 2 aromatic rings. The molecule has 0 spiro atoms. The first-order chi connectivity index (χ1) is 10.7. The second-order valence-corrected chi connectivity index (χ2v) is 6.40. The summed E-state index contributed by atoms with van der Waals surface area (Å²) in [5.41, 5.74) is 8.64. The molecule has 0 bridgehead atoms.